The van der Waals surface area contributed by atoms with Crippen molar-refractivity contribution >= 4 is 29.1 Å². The zero-order valence-corrected chi connectivity index (χ0v) is 17.1. The first-order chi connectivity index (χ1) is 13.2. The molecule has 5 nitrogen and oxygen atoms in total. The molecule has 0 aliphatic carbocycles. The molecule has 1 N–H and O–H groups in total. The Morgan fingerprint density at radius 2 is 1.96 bits per heavy atom. The first-order valence-electron chi connectivity index (χ1n) is 8.89. The van der Waals surface area contributed by atoms with Gasteiger partial charge >= 0.3 is 0 Å². The highest BCUT2D eigenvalue weighted by Gasteiger charge is 2.16. The Bertz CT molecular complexity index is 871. The summed E-state index contributed by atoms with van der Waals surface area (Å²) in [5.74, 6) is -0.445. The first kappa shape index (κ1) is 21.7. The van der Waals surface area contributed by atoms with Crippen molar-refractivity contribution in [1.29, 1.82) is 0 Å². The summed E-state index contributed by atoms with van der Waals surface area (Å²) < 4.78 is 18.9. The summed E-state index contributed by atoms with van der Waals surface area (Å²) in [6, 6.07) is 9.21. The molecule has 0 radical (unpaired) electrons. The Labute approximate surface area is 169 Å². The third-order valence-corrected chi connectivity index (χ3v) is 4.59. The zero-order chi connectivity index (χ0) is 20.8. The van der Waals surface area contributed by atoms with Gasteiger partial charge in [0.15, 0.2) is 6.61 Å². The number of hydrogen-bond acceptors (Lipinski definition) is 3. The van der Waals surface area contributed by atoms with Gasteiger partial charge < -0.3 is 15.0 Å². The molecular formula is C21H24ClFN2O3. The van der Waals surface area contributed by atoms with Crippen LogP contribution in [0.2, 0.25) is 5.02 Å². The fourth-order valence-electron chi connectivity index (χ4n) is 2.57. The number of carbonyl (C=O) groups excluding carboxylic acids is 2. The van der Waals surface area contributed by atoms with E-state index in [1.807, 2.05) is 32.9 Å². The number of halogens is 2. The van der Waals surface area contributed by atoms with Crippen molar-refractivity contribution in [2.24, 2.45) is 0 Å². The molecule has 0 heterocycles. The number of ether oxygens (including phenoxy) is 1. The third-order valence-electron chi connectivity index (χ3n) is 4.18. The second kappa shape index (κ2) is 9.55. The van der Waals surface area contributed by atoms with Crippen LogP contribution in [0.5, 0.6) is 5.75 Å². The van der Waals surface area contributed by atoms with Crippen LogP contribution in [0.3, 0.4) is 0 Å². The van der Waals surface area contributed by atoms with E-state index in [2.05, 4.69) is 5.32 Å². The second-order valence-corrected chi connectivity index (χ2v) is 7.30. The Morgan fingerprint density at radius 1 is 1.25 bits per heavy atom. The van der Waals surface area contributed by atoms with E-state index in [-0.39, 0.29) is 25.0 Å². The number of anilines is 1. The Hall–Kier alpha value is -2.60. The van der Waals surface area contributed by atoms with Gasteiger partial charge in [-0.05, 0) is 54.3 Å². The molecule has 0 saturated heterocycles. The highest BCUT2D eigenvalue weighted by Crippen LogP contribution is 2.32. The molecule has 0 aliphatic heterocycles. The SMILES string of the molecule is Cc1cc(OCC(=O)N(C)CC(=O)Nc2cccc(F)c2)c(C(C)C)cc1Cl. The lowest BCUT2D eigenvalue weighted by Gasteiger charge is -2.19. The van der Waals surface area contributed by atoms with Gasteiger partial charge in [0.1, 0.15) is 11.6 Å². The maximum absolute atomic E-state index is 13.2. The van der Waals surface area contributed by atoms with Crippen molar-refractivity contribution in [2.75, 3.05) is 25.5 Å². The van der Waals surface area contributed by atoms with Gasteiger partial charge in [-0.1, -0.05) is 31.5 Å². The van der Waals surface area contributed by atoms with Crippen LogP contribution in [0.25, 0.3) is 0 Å². The molecule has 28 heavy (non-hydrogen) atoms. The molecule has 2 aromatic rings. The summed E-state index contributed by atoms with van der Waals surface area (Å²) in [5.41, 5.74) is 2.10. The minimum Gasteiger partial charge on any atom is -0.483 e. The van der Waals surface area contributed by atoms with Gasteiger partial charge in [-0.25, -0.2) is 4.39 Å². The van der Waals surface area contributed by atoms with Crippen LogP contribution in [-0.4, -0.2) is 36.9 Å². The second-order valence-electron chi connectivity index (χ2n) is 6.89. The number of carbonyl (C=O) groups is 2. The number of nitrogens with one attached hydrogen (secondary N) is 1. The predicted molar refractivity (Wildman–Crippen MR) is 108 cm³/mol. The largest absolute Gasteiger partial charge is 0.483 e. The lowest BCUT2D eigenvalue weighted by atomic mass is 10.0. The zero-order valence-electron chi connectivity index (χ0n) is 16.4. The van der Waals surface area contributed by atoms with Gasteiger partial charge in [0, 0.05) is 17.8 Å². The number of likely N-dealkylation sites (N-methyl/N-ethyl adjacent to an activating group) is 1. The van der Waals surface area contributed by atoms with Crippen LogP contribution < -0.4 is 10.1 Å². The van der Waals surface area contributed by atoms with Crippen LogP contribution in [0.15, 0.2) is 36.4 Å². The minimum absolute atomic E-state index is 0.171. The fourth-order valence-corrected chi connectivity index (χ4v) is 2.74. The number of aryl methyl sites for hydroxylation is 1. The molecule has 7 heteroatoms. The van der Waals surface area contributed by atoms with E-state index in [4.69, 9.17) is 16.3 Å². The molecule has 2 aromatic carbocycles. The molecule has 0 bridgehead atoms. The van der Waals surface area contributed by atoms with Crippen molar-refractivity contribution in [3.05, 3.63) is 58.4 Å². The van der Waals surface area contributed by atoms with Gasteiger partial charge in [0.05, 0.1) is 6.54 Å². The number of rotatable bonds is 7. The lowest BCUT2D eigenvalue weighted by Crippen LogP contribution is -2.37. The number of benzene rings is 2. The predicted octanol–water partition coefficient (Wildman–Crippen LogP) is 4.39. The monoisotopic (exact) mass is 406 g/mol. The van der Waals surface area contributed by atoms with Gasteiger partial charge in [-0.3, -0.25) is 9.59 Å². The van der Waals surface area contributed by atoms with Crippen LogP contribution >= 0.6 is 11.6 Å². The summed E-state index contributed by atoms with van der Waals surface area (Å²) in [7, 11) is 1.51. The minimum atomic E-state index is -0.449. The van der Waals surface area contributed by atoms with E-state index >= 15 is 0 Å². The third kappa shape index (κ3) is 5.96. The average molecular weight is 407 g/mol. The fraction of sp³-hybridized carbons (Fsp3) is 0.333. The molecule has 2 rings (SSSR count). The highest BCUT2D eigenvalue weighted by molar-refractivity contribution is 6.31. The molecule has 0 aromatic heterocycles. The summed E-state index contributed by atoms with van der Waals surface area (Å²) in [5, 5.41) is 3.20. The van der Waals surface area contributed by atoms with E-state index in [1.165, 1.54) is 30.1 Å². The van der Waals surface area contributed by atoms with Gasteiger partial charge in [-0.2, -0.15) is 0 Å². The van der Waals surface area contributed by atoms with E-state index in [9.17, 15) is 14.0 Å². The Balaban J connectivity index is 1.94. The van der Waals surface area contributed by atoms with Crippen molar-refractivity contribution in [1.82, 2.24) is 4.90 Å². The quantitative estimate of drug-likeness (QED) is 0.742. The Morgan fingerprint density at radius 3 is 2.61 bits per heavy atom. The van der Waals surface area contributed by atoms with Crippen LogP contribution in [0, 0.1) is 12.7 Å². The van der Waals surface area contributed by atoms with Crippen LogP contribution in [0.1, 0.15) is 30.9 Å². The molecule has 0 unspecified atom stereocenters. The van der Waals surface area contributed by atoms with Crippen LogP contribution in [0.4, 0.5) is 10.1 Å². The lowest BCUT2D eigenvalue weighted by molar-refractivity contribution is -0.135. The van der Waals surface area contributed by atoms with Crippen LogP contribution in [-0.2, 0) is 9.59 Å². The van der Waals surface area contributed by atoms with Crippen molar-refractivity contribution in [3.8, 4) is 5.75 Å². The maximum atomic E-state index is 13.2. The molecule has 2 amide bonds. The van der Waals surface area contributed by atoms with E-state index < -0.39 is 11.7 Å². The summed E-state index contributed by atoms with van der Waals surface area (Å²) >= 11 is 6.18. The van der Waals surface area contributed by atoms with Crippen molar-refractivity contribution < 1.29 is 18.7 Å². The first-order valence-corrected chi connectivity index (χ1v) is 9.27. The standard InChI is InChI=1S/C21H24ClFN2O3/c1-13(2)17-10-18(22)14(3)8-19(17)28-12-21(27)25(4)11-20(26)24-16-7-5-6-15(23)9-16/h5-10,13H,11-12H2,1-4H3,(H,24,26). The number of nitrogens with zero attached hydrogens (tertiary/aromatic N) is 1. The molecular weight excluding hydrogens is 383 g/mol. The van der Waals surface area contributed by atoms with Gasteiger partial charge in [-0.15, -0.1) is 0 Å². The number of amides is 2. The Kier molecular flexibility index (Phi) is 7.40. The maximum Gasteiger partial charge on any atom is 0.260 e. The van der Waals surface area contributed by atoms with E-state index in [0.717, 1.165) is 11.1 Å². The molecule has 0 fully saturated rings. The molecule has 0 spiro atoms. The molecule has 0 saturated carbocycles. The highest BCUT2D eigenvalue weighted by atomic mass is 35.5. The topological polar surface area (TPSA) is 58.6 Å². The van der Waals surface area contributed by atoms with Crippen molar-refractivity contribution in [3.63, 3.8) is 0 Å². The van der Waals surface area contributed by atoms with Gasteiger partial charge in [0.25, 0.3) is 5.91 Å². The normalized spacial score (nSPS) is 10.7. The van der Waals surface area contributed by atoms with E-state index in [1.54, 1.807) is 6.07 Å². The van der Waals surface area contributed by atoms with E-state index in [0.29, 0.717) is 16.5 Å². The molecule has 0 atom stereocenters. The smallest absolute Gasteiger partial charge is 0.260 e. The molecule has 150 valence electrons. The average Bonchev–Trinajstić information content (AvgIpc) is 2.61. The summed E-state index contributed by atoms with van der Waals surface area (Å²) in [4.78, 5) is 25.6. The molecule has 0 aliphatic rings. The number of hydrogen-bond donors (Lipinski definition) is 1. The van der Waals surface area contributed by atoms with Gasteiger partial charge in [0.2, 0.25) is 5.91 Å². The summed E-state index contributed by atoms with van der Waals surface area (Å²) in [6.07, 6.45) is 0. The summed E-state index contributed by atoms with van der Waals surface area (Å²) in [6.45, 7) is 5.51. The van der Waals surface area contributed by atoms with Crippen molar-refractivity contribution in [2.45, 2.75) is 26.7 Å².